The van der Waals surface area contributed by atoms with Gasteiger partial charge >= 0.3 is 0 Å². The highest BCUT2D eigenvalue weighted by Gasteiger charge is 2.31. The van der Waals surface area contributed by atoms with Crippen molar-refractivity contribution < 1.29 is 13.9 Å². The lowest BCUT2D eigenvalue weighted by Crippen LogP contribution is -2.41. The summed E-state index contributed by atoms with van der Waals surface area (Å²) in [5.41, 5.74) is 6.96. The third-order valence-corrected chi connectivity index (χ3v) is 5.71. The molecule has 6 heteroatoms. The topological polar surface area (TPSA) is 68.7 Å². The van der Waals surface area contributed by atoms with Crippen LogP contribution in [0.25, 0.3) is 11.0 Å². The van der Waals surface area contributed by atoms with E-state index in [-0.39, 0.29) is 5.91 Å². The lowest BCUT2D eigenvalue weighted by molar-refractivity contribution is -0.126. The first kappa shape index (κ1) is 17.7. The summed E-state index contributed by atoms with van der Waals surface area (Å²) in [7, 11) is 0. The number of nitrogens with zero attached hydrogens (tertiary/aromatic N) is 1. The van der Waals surface area contributed by atoms with Gasteiger partial charge in [0.2, 0.25) is 5.91 Å². The van der Waals surface area contributed by atoms with E-state index in [9.17, 15) is 4.79 Å². The second-order valence-electron chi connectivity index (χ2n) is 7.07. The molecule has 0 aliphatic carbocycles. The smallest absolute Gasteiger partial charge is 0.224 e. The molecule has 1 amide bonds. The van der Waals surface area contributed by atoms with Crippen LogP contribution in [0.1, 0.15) is 26.5 Å². The first-order valence-corrected chi connectivity index (χ1v) is 9.25. The minimum absolute atomic E-state index is 0.279. The zero-order chi connectivity index (χ0) is 18.2. The van der Waals surface area contributed by atoms with Gasteiger partial charge in [-0.15, -0.1) is 11.8 Å². The molecule has 1 aliphatic heterocycles. The Kier molecular flexibility index (Phi) is 4.73. The summed E-state index contributed by atoms with van der Waals surface area (Å²) >= 11 is 1.75. The first-order chi connectivity index (χ1) is 11.8. The number of amides is 1. The Balaban J connectivity index is 1.66. The van der Waals surface area contributed by atoms with Crippen molar-refractivity contribution in [3.05, 3.63) is 40.6 Å². The number of allylic oxidation sites excluding steroid dienone is 1. The highest BCUT2D eigenvalue weighted by Crippen LogP contribution is 2.34. The third-order valence-electron chi connectivity index (χ3n) is 4.51. The van der Waals surface area contributed by atoms with Crippen molar-refractivity contribution >= 4 is 28.6 Å². The van der Waals surface area contributed by atoms with Gasteiger partial charge in [-0.25, -0.2) is 0 Å². The highest BCUT2D eigenvalue weighted by atomic mass is 32.2. The molecule has 3 rings (SSSR count). The summed E-state index contributed by atoms with van der Waals surface area (Å²) < 4.78 is 11.5. The van der Waals surface area contributed by atoms with Crippen molar-refractivity contribution in [3.8, 4) is 5.75 Å². The number of furan rings is 1. The number of thioether (sulfide) groups is 1. The van der Waals surface area contributed by atoms with Crippen LogP contribution in [0.4, 0.5) is 0 Å². The molecule has 1 aromatic carbocycles. The minimum Gasteiger partial charge on any atom is -0.488 e. The number of hydrogen-bond acceptors (Lipinski definition) is 5. The number of nitrogens with two attached hydrogens (primary N) is 1. The minimum atomic E-state index is -0.553. The van der Waals surface area contributed by atoms with Crippen LogP contribution < -0.4 is 10.5 Å². The van der Waals surface area contributed by atoms with E-state index in [1.165, 1.54) is 4.91 Å². The quantitative estimate of drug-likeness (QED) is 0.847. The van der Waals surface area contributed by atoms with Gasteiger partial charge in [-0.2, -0.15) is 0 Å². The zero-order valence-electron chi connectivity index (χ0n) is 15.1. The Labute approximate surface area is 152 Å². The average Bonchev–Trinajstić information content (AvgIpc) is 3.07. The summed E-state index contributed by atoms with van der Waals surface area (Å²) in [6.45, 7) is 8.90. The molecule has 0 unspecified atom stereocenters. The van der Waals surface area contributed by atoms with E-state index in [2.05, 4.69) is 11.8 Å². The fourth-order valence-electron chi connectivity index (χ4n) is 2.79. The summed E-state index contributed by atoms with van der Waals surface area (Å²) in [5.74, 6) is 2.26. The van der Waals surface area contributed by atoms with Crippen LogP contribution in [0.15, 0.2) is 39.3 Å². The molecule has 0 saturated carbocycles. The van der Waals surface area contributed by atoms with Crippen LogP contribution in [0, 0.1) is 12.3 Å². The molecule has 0 fully saturated rings. The summed E-state index contributed by atoms with van der Waals surface area (Å²) in [6, 6.07) is 7.86. The molecule has 1 aliphatic rings. The van der Waals surface area contributed by atoms with Crippen molar-refractivity contribution in [2.45, 2.75) is 27.7 Å². The Bertz CT molecular complexity index is 838. The Morgan fingerprint density at radius 1 is 1.36 bits per heavy atom. The molecule has 134 valence electrons. The number of carbonyl (C=O) groups excluding carboxylic acids is 1. The number of primary amides is 1. The normalized spacial score (nSPS) is 15.3. The maximum atomic E-state index is 11.6. The molecule has 2 N–H and O–H groups in total. The molecule has 2 heterocycles. The van der Waals surface area contributed by atoms with Crippen molar-refractivity contribution in [1.29, 1.82) is 0 Å². The molecule has 0 saturated heterocycles. The number of ether oxygens (including phenoxy) is 1. The van der Waals surface area contributed by atoms with E-state index >= 15 is 0 Å². The second-order valence-corrected chi connectivity index (χ2v) is 8.11. The maximum absolute atomic E-state index is 11.6. The largest absolute Gasteiger partial charge is 0.488 e. The summed E-state index contributed by atoms with van der Waals surface area (Å²) in [5, 5.41) is 1.05. The van der Waals surface area contributed by atoms with Crippen LogP contribution >= 0.6 is 11.8 Å². The van der Waals surface area contributed by atoms with Crippen LogP contribution in [0.3, 0.4) is 0 Å². The van der Waals surface area contributed by atoms with Gasteiger partial charge in [-0.05, 0) is 52.0 Å². The van der Waals surface area contributed by atoms with Crippen LogP contribution in [0.2, 0.25) is 0 Å². The van der Waals surface area contributed by atoms with Gasteiger partial charge < -0.3 is 19.8 Å². The van der Waals surface area contributed by atoms with E-state index in [1.54, 1.807) is 11.8 Å². The van der Waals surface area contributed by atoms with Gasteiger partial charge in [0.15, 0.2) is 0 Å². The average molecular weight is 360 g/mol. The van der Waals surface area contributed by atoms with Gasteiger partial charge in [0.1, 0.15) is 23.7 Å². The Morgan fingerprint density at radius 3 is 2.84 bits per heavy atom. The molecule has 5 nitrogen and oxygen atoms in total. The molecular weight excluding hydrogens is 336 g/mol. The molecular formula is C19H24N2O3S. The molecule has 0 spiro atoms. The third kappa shape index (κ3) is 3.79. The lowest BCUT2D eigenvalue weighted by atomic mass is 9.92. The van der Waals surface area contributed by atoms with Crippen molar-refractivity contribution in [2.75, 3.05) is 19.0 Å². The van der Waals surface area contributed by atoms with Crippen molar-refractivity contribution in [2.24, 2.45) is 11.1 Å². The van der Waals surface area contributed by atoms with Crippen molar-refractivity contribution in [3.63, 3.8) is 0 Å². The maximum Gasteiger partial charge on any atom is 0.224 e. The standard InChI is InChI=1S/C19H24N2O3S/c1-12-7-14-8-15(5-6-16(14)24-12)23-9-17-13(2)21(11-25-17)10-19(3,4)18(20)22/h5-8H,9-11H2,1-4H3,(H2,20,22). The van der Waals surface area contributed by atoms with E-state index in [0.29, 0.717) is 13.2 Å². The molecule has 0 bridgehead atoms. The number of fused-ring (bicyclic) bond motifs is 1. The van der Waals surface area contributed by atoms with E-state index in [1.807, 2.05) is 45.0 Å². The highest BCUT2D eigenvalue weighted by molar-refractivity contribution is 8.03. The summed E-state index contributed by atoms with van der Waals surface area (Å²) in [4.78, 5) is 14.9. The number of hydrogen-bond donors (Lipinski definition) is 1. The molecule has 0 atom stereocenters. The molecule has 2 aromatic rings. The lowest BCUT2D eigenvalue weighted by Gasteiger charge is -2.29. The van der Waals surface area contributed by atoms with E-state index in [0.717, 1.165) is 34.1 Å². The first-order valence-electron chi connectivity index (χ1n) is 8.27. The van der Waals surface area contributed by atoms with Crippen molar-refractivity contribution in [1.82, 2.24) is 4.90 Å². The molecule has 1 aromatic heterocycles. The van der Waals surface area contributed by atoms with Crippen LogP contribution in [0.5, 0.6) is 5.75 Å². The predicted molar refractivity (Wildman–Crippen MR) is 101 cm³/mol. The molecule has 0 radical (unpaired) electrons. The van der Waals surface area contributed by atoms with E-state index < -0.39 is 5.41 Å². The van der Waals surface area contributed by atoms with Gasteiger partial charge in [0.05, 0.1) is 11.3 Å². The van der Waals surface area contributed by atoms with E-state index in [4.69, 9.17) is 14.9 Å². The zero-order valence-corrected chi connectivity index (χ0v) is 15.9. The van der Waals surface area contributed by atoms with Gasteiger partial charge in [-0.3, -0.25) is 4.79 Å². The summed E-state index contributed by atoms with van der Waals surface area (Å²) in [6.07, 6.45) is 0. The van der Waals surface area contributed by atoms with Crippen LogP contribution in [-0.2, 0) is 4.79 Å². The Hall–Kier alpha value is -2.08. The number of benzene rings is 1. The monoisotopic (exact) mass is 360 g/mol. The predicted octanol–water partition coefficient (Wildman–Crippen LogP) is 3.87. The number of carbonyl (C=O) groups is 1. The molecule has 25 heavy (non-hydrogen) atoms. The fraction of sp³-hybridized carbons (Fsp3) is 0.421. The second kappa shape index (κ2) is 6.67. The Morgan fingerprint density at radius 2 is 2.12 bits per heavy atom. The van der Waals surface area contributed by atoms with Crippen LogP contribution in [-0.4, -0.2) is 29.8 Å². The fourth-order valence-corrected chi connectivity index (χ4v) is 3.87. The van der Waals surface area contributed by atoms with Gasteiger partial charge in [0.25, 0.3) is 0 Å². The SMILES string of the molecule is CC1=C(COc2ccc3oc(C)cc3c2)SCN1CC(C)(C)C(N)=O. The number of aryl methyl sites for hydroxylation is 1. The number of rotatable bonds is 6. The van der Waals surface area contributed by atoms with Gasteiger partial charge in [0, 0.05) is 22.5 Å². The van der Waals surface area contributed by atoms with Gasteiger partial charge in [-0.1, -0.05) is 0 Å².